The zero-order chi connectivity index (χ0) is 11.6. The van der Waals surface area contributed by atoms with Crippen molar-refractivity contribution < 1.29 is 8.42 Å². The fourth-order valence-electron chi connectivity index (χ4n) is 1.44. The van der Waals surface area contributed by atoms with Gasteiger partial charge >= 0.3 is 0 Å². The molecule has 0 aromatic heterocycles. The van der Waals surface area contributed by atoms with E-state index in [-0.39, 0.29) is 11.3 Å². The van der Waals surface area contributed by atoms with Crippen LogP contribution in [0.2, 0.25) is 0 Å². The summed E-state index contributed by atoms with van der Waals surface area (Å²) in [5.74, 6) is 0. The van der Waals surface area contributed by atoms with E-state index in [1.807, 2.05) is 13.8 Å². The van der Waals surface area contributed by atoms with Gasteiger partial charge < -0.3 is 5.32 Å². The molecule has 1 aliphatic carbocycles. The van der Waals surface area contributed by atoms with E-state index in [0.29, 0.717) is 12.6 Å². The highest BCUT2D eigenvalue weighted by atomic mass is 32.2. The molecule has 0 saturated heterocycles. The van der Waals surface area contributed by atoms with Gasteiger partial charge in [-0.3, -0.25) is 0 Å². The normalized spacial score (nSPS) is 19.9. The predicted octanol–water partition coefficient (Wildman–Crippen LogP) is 0.797. The molecule has 4 nitrogen and oxygen atoms in total. The molecular formula is C10H22N2O2S. The summed E-state index contributed by atoms with van der Waals surface area (Å²) in [6.45, 7) is 6.33. The minimum atomic E-state index is -3.10. The highest BCUT2D eigenvalue weighted by Crippen LogP contribution is 2.28. The molecular weight excluding hydrogens is 212 g/mol. The van der Waals surface area contributed by atoms with Gasteiger partial charge in [0.05, 0.1) is 5.25 Å². The topological polar surface area (TPSA) is 49.4 Å². The second-order valence-electron chi connectivity index (χ2n) is 4.67. The summed E-state index contributed by atoms with van der Waals surface area (Å²) >= 11 is 0. The molecule has 1 rings (SSSR count). The molecule has 0 aliphatic heterocycles. The maximum absolute atomic E-state index is 12.0. The van der Waals surface area contributed by atoms with E-state index in [9.17, 15) is 8.42 Å². The monoisotopic (exact) mass is 234 g/mol. The molecule has 0 aromatic carbocycles. The molecule has 1 saturated carbocycles. The molecule has 0 heterocycles. The fourth-order valence-corrected chi connectivity index (χ4v) is 2.94. The van der Waals surface area contributed by atoms with E-state index in [1.165, 1.54) is 0 Å². The predicted molar refractivity (Wildman–Crippen MR) is 62.3 cm³/mol. The lowest BCUT2D eigenvalue weighted by atomic mass is 10.3. The van der Waals surface area contributed by atoms with Gasteiger partial charge in [-0.1, -0.05) is 13.8 Å². The molecule has 0 amide bonds. The first kappa shape index (κ1) is 12.9. The number of nitrogens with zero attached hydrogens (tertiary/aromatic N) is 1. The number of hydrogen-bond donors (Lipinski definition) is 1. The number of hydrogen-bond acceptors (Lipinski definition) is 3. The Hall–Kier alpha value is -0.130. The summed E-state index contributed by atoms with van der Waals surface area (Å²) in [5, 5.41) is 2.82. The van der Waals surface area contributed by atoms with Crippen LogP contribution in [0.5, 0.6) is 0 Å². The van der Waals surface area contributed by atoms with Crippen molar-refractivity contribution in [2.24, 2.45) is 0 Å². The summed E-state index contributed by atoms with van der Waals surface area (Å²) in [6.07, 6.45) is 2.03. The average Bonchev–Trinajstić information content (AvgIpc) is 2.95. The van der Waals surface area contributed by atoms with Crippen molar-refractivity contribution in [3.05, 3.63) is 0 Å². The first-order valence-corrected chi connectivity index (χ1v) is 7.06. The number of sulfonamides is 1. The van der Waals surface area contributed by atoms with Crippen molar-refractivity contribution in [3.8, 4) is 0 Å². The van der Waals surface area contributed by atoms with Crippen LogP contribution in [0.4, 0.5) is 0 Å². The van der Waals surface area contributed by atoms with Crippen molar-refractivity contribution >= 4 is 10.0 Å². The largest absolute Gasteiger partial charge is 0.313 e. The first-order chi connectivity index (χ1) is 6.85. The van der Waals surface area contributed by atoms with E-state index < -0.39 is 10.0 Å². The summed E-state index contributed by atoms with van der Waals surface area (Å²) in [5.41, 5.74) is 0. The molecule has 5 heteroatoms. The first-order valence-electron chi connectivity index (χ1n) is 5.56. The molecule has 0 radical (unpaired) electrons. The lowest BCUT2D eigenvalue weighted by Gasteiger charge is -2.22. The van der Waals surface area contributed by atoms with E-state index in [0.717, 1.165) is 12.8 Å². The summed E-state index contributed by atoms with van der Waals surface area (Å²) < 4.78 is 25.6. The van der Waals surface area contributed by atoms with Gasteiger partial charge in [-0.05, 0) is 19.8 Å². The van der Waals surface area contributed by atoms with Gasteiger partial charge in [0, 0.05) is 25.7 Å². The van der Waals surface area contributed by atoms with Crippen LogP contribution in [-0.4, -0.2) is 43.6 Å². The van der Waals surface area contributed by atoms with Crippen LogP contribution in [0.15, 0.2) is 0 Å². The van der Waals surface area contributed by atoms with Crippen LogP contribution >= 0.6 is 0 Å². The van der Waals surface area contributed by atoms with E-state index in [1.54, 1.807) is 18.3 Å². The second-order valence-corrected chi connectivity index (χ2v) is 7.08. The quantitative estimate of drug-likeness (QED) is 0.739. The van der Waals surface area contributed by atoms with Crippen molar-refractivity contribution in [1.29, 1.82) is 0 Å². The molecule has 1 fully saturated rings. The Morgan fingerprint density at radius 1 is 1.33 bits per heavy atom. The zero-order valence-corrected chi connectivity index (χ0v) is 10.8. The van der Waals surface area contributed by atoms with E-state index >= 15 is 0 Å². The molecule has 90 valence electrons. The van der Waals surface area contributed by atoms with Crippen molar-refractivity contribution in [2.75, 3.05) is 13.6 Å². The van der Waals surface area contributed by atoms with Gasteiger partial charge in [-0.2, -0.15) is 0 Å². The Bertz CT molecular complexity index is 297. The number of rotatable bonds is 6. The summed E-state index contributed by atoms with van der Waals surface area (Å²) in [4.78, 5) is 0. The van der Waals surface area contributed by atoms with Crippen LogP contribution < -0.4 is 5.32 Å². The molecule has 1 unspecified atom stereocenters. The molecule has 1 aliphatic rings. The van der Waals surface area contributed by atoms with Gasteiger partial charge in [0.15, 0.2) is 0 Å². The standard InChI is InChI=1S/C10H22N2O2S/c1-8(2)11-7-9(3)15(13,14)12(4)10-5-6-10/h8-11H,5-7H2,1-4H3. The molecule has 0 spiro atoms. The third-order valence-corrected chi connectivity index (χ3v) is 5.07. The molecule has 1 atom stereocenters. The Morgan fingerprint density at radius 3 is 2.27 bits per heavy atom. The van der Waals surface area contributed by atoms with E-state index in [4.69, 9.17) is 0 Å². The third-order valence-electron chi connectivity index (χ3n) is 2.78. The zero-order valence-electron chi connectivity index (χ0n) is 10.0. The highest BCUT2D eigenvalue weighted by molar-refractivity contribution is 7.89. The Kier molecular flexibility index (Phi) is 4.14. The molecule has 0 bridgehead atoms. The smallest absolute Gasteiger partial charge is 0.217 e. The lowest BCUT2D eigenvalue weighted by molar-refractivity contribution is 0.448. The molecule has 15 heavy (non-hydrogen) atoms. The van der Waals surface area contributed by atoms with Crippen molar-refractivity contribution in [2.45, 2.75) is 50.9 Å². The van der Waals surface area contributed by atoms with Crippen LogP contribution in [0.25, 0.3) is 0 Å². The van der Waals surface area contributed by atoms with Gasteiger partial charge in [-0.15, -0.1) is 0 Å². The third kappa shape index (κ3) is 3.43. The average molecular weight is 234 g/mol. The molecule has 0 aromatic rings. The van der Waals surface area contributed by atoms with Crippen molar-refractivity contribution in [3.63, 3.8) is 0 Å². The van der Waals surface area contributed by atoms with Gasteiger partial charge in [0.1, 0.15) is 0 Å². The Balaban J connectivity index is 2.52. The SMILES string of the molecule is CC(C)NCC(C)S(=O)(=O)N(C)C1CC1. The summed E-state index contributed by atoms with van der Waals surface area (Å²) in [7, 11) is -1.41. The summed E-state index contributed by atoms with van der Waals surface area (Å²) in [6, 6.07) is 0.588. The van der Waals surface area contributed by atoms with Gasteiger partial charge in [-0.25, -0.2) is 12.7 Å². The lowest BCUT2D eigenvalue weighted by Crippen LogP contribution is -2.42. The van der Waals surface area contributed by atoms with Crippen LogP contribution in [0.3, 0.4) is 0 Å². The fraction of sp³-hybridized carbons (Fsp3) is 1.00. The van der Waals surface area contributed by atoms with E-state index in [2.05, 4.69) is 5.32 Å². The van der Waals surface area contributed by atoms with Gasteiger partial charge in [0.2, 0.25) is 10.0 Å². The minimum absolute atomic E-state index is 0.261. The maximum atomic E-state index is 12.0. The Morgan fingerprint density at radius 2 is 1.87 bits per heavy atom. The van der Waals surface area contributed by atoms with Crippen LogP contribution in [-0.2, 0) is 10.0 Å². The number of nitrogens with one attached hydrogen (secondary N) is 1. The molecule has 1 N–H and O–H groups in total. The van der Waals surface area contributed by atoms with Crippen molar-refractivity contribution in [1.82, 2.24) is 9.62 Å². The van der Waals surface area contributed by atoms with Crippen LogP contribution in [0.1, 0.15) is 33.6 Å². The highest BCUT2D eigenvalue weighted by Gasteiger charge is 2.36. The van der Waals surface area contributed by atoms with Crippen LogP contribution in [0, 0.1) is 0 Å². The second kappa shape index (κ2) is 4.80. The van der Waals surface area contributed by atoms with Gasteiger partial charge in [0.25, 0.3) is 0 Å². The maximum Gasteiger partial charge on any atom is 0.217 e. The minimum Gasteiger partial charge on any atom is -0.313 e. The Labute approximate surface area is 93.1 Å².